The summed E-state index contributed by atoms with van der Waals surface area (Å²) in [6, 6.07) is 18.6. The summed E-state index contributed by atoms with van der Waals surface area (Å²) in [5, 5.41) is 35.1. The van der Waals surface area contributed by atoms with Gasteiger partial charge in [-0.2, -0.15) is 0 Å². The summed E-state index contributed by atoms with van der Waals surface area (Å²) in [5.74, 6) is -3.82. The summed E-state index contributed by atoms with van der Waals surface area (Å²) in [5.41, 5.74) is 19.7. The van der Waals surface area contributed by atoms with Crippen molar-refractivity contribution in [3.63, 3.8) is 0 Å². The number of carboxylic acids is 3. The van der Waals surface area contributed by atoms with Gasteiger partial charge in [0.2, 0.25) is 0 Å². The van der Waals surface area contributed by atoms with Gasteiger partial charge >= 0.3 is 17.9 Å². The largest absolute Gasteiger partial charge is 0.477 e. The Labute approximate surface area is 395 Å². The predicted molar refractivity (Wildman–Crippen MR) is 231 cm³/mol. The Hall–Kier alpha value is -7.61. The number of pyridine rings is 6. The van der Waals surface area contributed by atoms with Crippen molar-refractivity contribution in [2.45, 2.75) is 20.8 Å². The van der Waals surface area contributed by atoms with Crippen LogP contribution in [0.1, 0.15) is 83.7 Å². The van der Waals surface area contributed by atoms with E-state index in [1.807, 2.05) is 0 Å². The average molecular weight is 1020 g/mol. The number of nitrogens with zero attached hydrogens (tertiary/aromatic N) is 6. The zero-order valence-corrected chi connectivity index (χ0v) is 36.3. The normalized spacial score (nSPS) is 9.98. The van der Waals surface area contributed by atoms with Crippen molar-refractivity contribution in [2.75, 3.05) is 36.8 Å². The first-order valence-corrected chi connectivity index (χ1v) is 18.8. The molecule has 0 aliphatic rings. The van der Waals surface area contributed by atoms with Gasteiger partial charge in [-0.05, 0) is 110 Å². The van der Waals surface area contributed by atoms with Crippen LogP contribution < -0.4 is 33.2 Å². The Morgan fingerprint density at radius 1 is 0.422 bits per heavy atom. The van der Waals surface area contributed by atoms with Crippen molar-refractivity contribution in [1.82, 2.24) is 45.9 Å². The standard InChI is InChI=1S/3C14H14N4O3.Dy/c3*1-2-16-13(19)10-5-9(6-11(18-10)14(20)21)8-3-4-12(15)17-7-8;/h3*3-7H,2H2,1H3,(H2,15,17)(H,16,19)(H,20,21);. The maximum absolute atomic E-state index is 11.9. The van der Waals surface area contributed by atoms with Crippen LogP contribution in [-0.4, -0.2) is 100 Å². The number of nitrogen functional groups attached to an aromatic ring is 3. The third kappa shape index (κ3) is 14.5. The Balaban J connectivity index is 0.000000253. The van der Waals surface area contributed by atoms with Crippen molar-refractivity contribution >= 4 is 53.1 Å². The molecule has 6 heterocycles. The van der Waals surface area contributed by atoms with Crippen LogP contribution in [-0.2, 0) is 0 Å². The van der Waals surface area contributed by atoms with Gasteiger partial charge in [0, 0.05) is 93.1 Å². The van der Waals surface area contributed by atoms with Crippen molar-refractivity contribution in [3.8, 4) is 33.4 Å². The van der Waals surface area contributed by atoms with Crippen molar-refractivity contribution in [1.29, 1.82) is 0 Å². The maximum Gasteiger partial charge on any atom is 0.354 e. The fourth-order valence-corrected chi connectivity index (χ4v) is 5.25. The molecule has 22 heteroatoms. The Morgan fingerprint density at radius 2 is 0.656 bits per heavy atom. The van der Waals surface area contributed by atoms with Crippen LogP contribution in [0, 0.1) is 38.2 Å². The molecule has 6 aromatic heterocycles. The third-order valence-corrected chi connectivity index (χ3v) is 8.20. The number of hydrogen-bond donors (Lipinski definition) is 9. The van der Waals surface area contributed by atoms with Gasteiger partial charge in [0.15, 0.2) is 0 Å². The van der Waals surface area contributed by atoms with Gasteiger partial charge in [0.1, 0.15) is 51.6 Å². The molecule has 0 unspecified atom stereocenters. The Kier molecular flexibility index (Phi) is 19.1. The van der Waals surface area contributed by atoms with Gasteiger partial charge < -0.3 is 48.5 Å². The van der Waals surface area contributed by atoms with E-state index in [0.717, 1.165) is 0 Å². The fourth-order valence-electron chi connectivity index (χ4n) is 5.25. The fraction of sp³-hybridized carbons (Fsp3) is 0.143. The van der Waals surface area contributed by atoms with E-state index in [0.29, 0.717) is 70.5 Å². The molecule has 12 N–H and O–H groups in total. The van der Waals surface area contributed by atoms with E-state index in [4.69, 9.17) is 32.5 Å². The smallest absolute Gasteiger partial charge is 0.354 e. The van der Waals surface area contributed by atoms with Gasteiger partial charge in [-0.1, -0.05) is 0 Å². The molecule has 0 saturated heterocycles. The van der Waals surface area contributed by atoms with E-state index < -0.39 is 35.6 Å². The van der Waals surface area contributed by atoms with Crippen molar-refractivity contribution < 1.29 is 82.3 Å². The van der Waals surface area contributed by atoms with E-state index in [1.54, 1.807) is 57.2 Å². The van der Waals surface area contributed by atoms with E-state index in [1.165, 1.54) is 55.0 Å². The maximum atomic E-state index is 11.9. The van der Waals surface area contributed by atoms with Gasteiger partial charge in [-0.15, -0.1) is 0 Å². The molecule has 0 bridgehead atoms. The van der Waals surface area contributed by atoms with Gasteiger partial charge in [-0.25, -0.2) is 44.3 Å². The third-order valence-electron chi connectivity index (χ3n) is 8.20. The van der Waals surface area contributed by atoms with E-state index in [9.17, 15) is 28.8 Å². The molecule has 6 aromatic rings. The van der Waals surface area contributed by atoms with Crippen LogP contribution in [0.5, 0.6) is 0 Å². The second-order valence-electron chi connectivity index (χ2n) is 12.8. The molecular formula is C42H42DyN12O9. The van der Waals surface area contributed by atoms with Gasteiger partial charge in [0.25, 0.3) is 17.7 Å². The summed E-state index contributed by atoms with van der Waals surface area (Å²) < 4.78 is 0. The molecular weight excluding hydrogens is 979 g/mol. The number of carbonyl (C=O) groups is 6. The van der Waals surface area contributed by atoms with Crippen LogP contribution >= 0.6 is 0 Å². The summed E-state index contributed by atoms with van der Waals surface area (Å²) in [4.78, 5) is 92.4. The second kappa shape index (κ2) is 24.1. The SMILES string of the molecule is CCNC(=O)c1cc(-c2ccc(N)nc2)cc(C(=O)O)n1.CCNC(=O)c1cc(-c2ccc(N)nc2)cc(C(=O)O)n1.CCNC(=O)c1cc(-c2ccc(N)nc2)cc(C(=O)O)n1.[Dy]. The molecule has 0 aliphatic heterocycles. The monoisotopic (exact) mass is 1020 g/mol. The minimum atomic E-state index is -1.20. The summed E-state index contributed by atoms with van der Waals surface area (Å²) in [6.45, 7) is 6.58. The van der Waals surface area contributed by atoms with Crippen LogP contribution in [0.3, 0.4) is 0 Å². The first-order chi connectivity index (χ1) is 30.0. The van der Waals surface area contributed by atoms with Crippen molar-refractivity contribution in [3.05, 3.63) is 126 Å². The molecule has 0 saturated carbocycles. The molecule has 21 nitrogen and oxygen atoms in total. The number of anilines is 3. The number of aromatic nitrogens is 6. The number of carboxylic acid groups (broad SMARTS) is 3. The quantitative estimate of drug-likeness (QED) is 0.0846. The van der Waals surface area contributed by atoms with Gasteiger partial charge in [0.05, 0.1) is 0 Å². The zero-order chi connectivity index (χ0) is 46.2. The van der Waals surface area contributed by atoms with E-state index in [-0.39, 0.29) is 72.3 Å². The van der Waals surface area contributed by atoms with E-state index >= 15 is 0 Å². The first-order valence-electron chi connectivity index (χ1n) is 18.8. The minimum Gasteiger partial charge on any atom is -0.477 e. The van der Waals surface area contributed by atoms with Crippen LogP contribution in [0.4, 0.5) is 17.5 Å². The van der Waals surface area contributed by atoms with Crippen LogP contribution in [0.2, 0.25) is 0 Å². The Morgan fingerprint density at radius 3 is 0.844 bits per heavy atom. The molecule has 64 heavy (non-hydrogen) atoms. The summed E-state index contributed by atoms with van der Waals surface area (Å²) in [7, 11) is 0. The number of nitrogens with one attached hydrogen (secondary N) is 3. The van der Waals surface area contributed by atoms with Gasteiger partial charge in [-0.3, -0.25) is 14.4 Å². The number of amides is 3. The van der Waals surface area contributed by atoms with E-state index in [2.05, 4.69) is 45.9 Å². The molecule has 0 spiro atoms. The molecule has 0 aromatic carbocycles. The minimum absolute atomic E-state index is 0. The second-order valence-corrected chi connectivity index (χ2v) is 12.8. The average Bonchev–Trinajstić information content (AvgIpc) is 3.27. The molecule has 3 amide bonds. The molecule has 334 valence electrons. The summed E-state index contributed by atoms with van der Waals surface area (Å²) in [6.07, 6.45) is 4.54. The summed E-state index contributed by atoms with van der Waals surface area (Å²) >= 11 is 0. The number of aromatic carboxylic acids is 3. The topological polar surface area (TPSA) is 355 Å². The molecule has 0 atom stereocenters. The number of hydrogen-bond acceptors (Lipinski definition) is 15. The molecule has 6 rings (SSSR count). The van der Waals surface area contributed by atoms with Crippen LogP contribution in [0.15, 0.2) is 91.4 Å². The predicted octanol–water partition coefficient (Wildman–Crippen LogP) is 3.52. The zero-order valence-electron chi connectivity index (χ0n) is 34.3. The Bertz CT molecular complexity index is 2340. The molecule has 0 aliphatic carbocycles. The molecule has 0 radical (unpaired) electrons. The first kappa shape index (κ1) is 50.7. The van der Waals surface area contributed by atoms with Crippen LogP contribution in [0.25, 0.3) is 33.4 Å². The number of carbonyl (C=O) groups excluding carboxylic acids is 3. The van der Waals surface area contributed by atoms with Crippen molar-refractivity contribution in [2.24, 2.45) is 0 Å². The molecule has 0 fully saturated rings. The number of rotatable bonds is 12. The number of nitrogens with two attached hydrogens (primary N) is 3.